The number of nitrogens with one attached hydrogen (secondary N) is 1. The number of hydrogen-bond acceptors (Lipinski definition) is 5. The van der Waals surface area contributed by atoms with Gasteiger partial charge in [-0.2, -0.15) is 0 Å². The van der Waals surface area contributed by atoms with Crippen molar-refractivity contribution < 1.29 is 14.7 Å². The summed E-state index contributed by atoms with van der Waals surface area (Å²) >= 11 is 1.39. The molecule has 0 saturated heterocycles. The lowest BCUT2D eigenvalue weighted by Crippen LogP contribution is -2.33. The fourth-order valence-electron chi connectivity index (χ4n) is 1.62. The topological polar surface area (TPSA) is 82.5 Å². The maximum absolute atomic E-state index is 11.7. The van der Waals surface area contributed by atoms with Crippen molar-refractivity contribution in [2.45, 2.75) is 0 Å². The molecule has 6 nitrogen and oxygen atoms in total. The number of carboxylic acids is 1. The molecule has 0 aliphatic carbocycles. The van der Waals surface area contributed by atoms with Crippen molar-refractivity contribution in [3.05, 3.63) is 24.3 Å². The molecular formula is C12H13N3O3S. The van der Waals surface area contributed by atoms with E-state index in [0.29, 0.717) is 5.13 Å². The van der Waals surface area contributed by atoms with E-state index in [2.05, 4.69) is 10.3 Å². The minimum absolute atomic E-state index is 0.0161. The predicted octanol–water partition coefficient (Wildman–Crippen LogP) is 1.25. The number of thiazole rings is 1. The van der Waals surface area contributed by atoms with Crippen LogP contribution in [0.4, 0.5) is 5.13 Å². The number of rotatable bonds is 5. The molecule has 0 spiro atoms. The number of hydrogen-bond donors (Lipinski definition) is 2. The van der Waals surface area contributed by atoms with E-state index in [9.17, 15) is 9.59 Å². The molecule has 7 heteroatoms. The van der Waals surface area contributed by atoms with E-state index in [0.717, 1.165) is 10.2 Å². The Morgan fingerprint density at radius 1 is 1.37 bits per heavy atom. The fourth-order valence-corrected chi connectivity index (χ4v) is 2.50. The van der Waals surface area contributed by atoms with Gasteiger partial charge in [0.2, 0.25) is 5.91 Å². The van der Waals surface area contributed by atoms with Crippen molar-refractivity contribution in [3.63, 3.8) is 0 Å². The van der Waals surface area contributed by atoms with Crippen LogP contribution in [0.15, 0.2) is 24.3 Å². The van der Waals surface area contributed by atoms with Crippen LogP contribution < -0.4 is 5.32 Å². The molecule has 19 heavy (non-hydrogen) atoms. The standard InChI is InChI=1S/C12H13N3O3S/c1-15(7-11(17)18)6-10(16)14-12-13-8-4-2-3-5-9(8)19-12/h2-5H,6-7H2,1H3,(H,17,18)(H,13,14,16). The minimum Gasteiger partial charge on any atom is -0.480 e. The molecular weight excluding hydrogens is 266 g/mol. The molecule has 0 bridgehead atoms. The monoisotopic (exact) mass is 279 g/mol. The molecule has 0 aliphatic heterocycles. The molecule has 1 heterocycles. The fraction of sp³-hybridized carbons (Fsp3) is 0.250. The highest BCUT2D eigenvalue weighted by Gasteiger charge is 2.11. The first-order chi connectivity index (χ1) is 9.04. The lowest BCUT2D eigenvalue weighted by molar-refractivity contribution is -0.138. The quantitative estimate of drug-likeness (QED) is 0.860. The summed E-state index contributed by atoms with van der Waals surface area (Å²) in [6, 6.07) is 7.60. The summed E-state index contributed by atoms with van der Waals surface area (Å²) < 4.78 is 0.997. The summed E-state index contributed by atoms with van der Waals surface area (Å²) in [5.74, 6) is -1.24. The number of aliphatic carboxylic acids is 1. The van der Waals surface area contributed by atoms with Gasteiger partial charge in [0.15, 0.2) is 5.13 Å². The van der Waals surface area contributed by atoms with Gasteiger partial charge in [0.25, 0.3) is 0 Å². The number of aromatic nitrogens is 1. The molecule has 1 aromatic carbocycles. The third-order valence-electron chi connectivity index (χ3n) is 2.36. The Hall–Kier alpha value is -1.99. The first-order valence-electron chi connectivity index (χ1n) is 5.60. The second-order valence-corrected chi connectivity index (χ2v) is 5.13. The van der Waals surface area contributed by atoms with Crippen molar-refractivity contribution in [2.75, 3.05) is 25.5 Å². The zero-order chi connectivity index (χ0) is 13.8. The molecule has 0 aliphatic rings. The van der Waals surface area contributed by atoms with E-state index >= 15 is 0 Å². The Bertz CT molecular complexity index is 578. The van der Waals surface area contributed by atoms with Gasteiger partial charge in [-0.25, -0.2) is 4.98 Å². The zero-order valence-corrected chi connectivity index (χ0v) is 11.1. The van der Waals surface area contributed by atoms with E-state index < -0.39 is 5.97 Å². The van der Waals surface area contributed by atoms with Crippen molar-refractivity contribution in [1.82, 2.24) is 9.88 Å². The summed E-state index contributed by atoms with van der Waals surface area (Å²) in [7, 11) is 1.58. The number of benzene rings is 1. The van der Waals surface area contributed by atoms with Crippen LogP contribution in [0.3, 0.4) is 0 Å². The molecule has 2 aromatic rings. The summed E-state index contributed by atoms with van der Waals surface area (Å²) in [6.07, 6.45) is 0. The number of nitrogens with zero attached hydrogens (tertiary/aromatic N) is 2. The SMILES string of the molecule is CN(CC(=O)O)CC(=O)Nc1nc2ccccc2s1. The maximum Gasteiger partial charge on any atom is 0.317 e. The van der Waals surface area contributed by atoms with Crippen LogP contribution in [0.25, 0.3) is 10.2 Å². The van der Waals surface area contributed by atoms with Crippen LogP contribution in [-0.2, 0) is 9.59 Å². The van der Waals surface area contributed by atoms with Gasteiger partial charge in [-0.15, -0.1) is 0 Å². The highest BCUT2D eigenvalue weighted by atomic mass is 32.1. The smallest absolute Gasteiger partial charge is 0.317 e. The maximum atomic E-state index is 11.7. The van der Waals surface area contributed by atoms with Gasteiger partial charge in [0.05, 0.1) is 23.3 Å². The zero-order valence-electron chi connectivity index (χ0n) is 10.3. The number of carbonyl (C=O) groups is 2. The molecule has 2 rings (SSSR count). The third-order valence-corrected chi connectivity index (χ3v) is 3.31. The van der Waals surface area contributed by atoms with Crippen LogP contribution in [0.5, 0.6) is 0 Å². The van der Waals surface area contributed by atoms with E-state index in [4.69, 9.17) is 5.11 Å². The van der Waals surface area contributed by atoms with Crippen molar-refractivity contribution in [2.24, 2.45) is 0 Å². The van der Waals surface area contributed by atoms with Gasteiger partial charge in [-0.1, -0.05) is 23.5 Å². The average molecular weight is 279 g/mol. The van der Waals surface area contributed by atoms with Crippen molar-refractivity contribution >= 4 is 38.6 Å². The van der Waals surface area contributed by atoms with E-state index in [-0.39, 0.29) is 19.0 Å². The van der Waals surface area contributed by atoms with Crippen molar-refractivity contribution in [3.8, 4) is 0 Å². The Labute approximate surface area is 113 Å². The molecule has 1 aromatic heterocycles. The first kappa shape index (κ1) is 13.4. The number of anilines is 1. The summed E-state index contributed by atoms with van der Waals surface area (Å²) in [5, 5.41) is 11.8. The molecule has 0 unspecified atom stereocenters. The molecule has 0 radical (unpaired) electrons. The number of likely N-dealkylation sites (N-methyl/N-ethyl adjacent to an activating group) is 1. The van der Waals surface area contributed by atoms with Gasteiger partial charge in [-0.3, -0.25) is 14.5 Å². The minimum atomic E-state index is -0.963. The highest BCUT2D eigenvalue weighted by Crippen LogP contribution is 2.25. The van der Waals surface area contributed by atoms with Crippen LogP contribution in [0.2, 0.25) is 0 Å². The predicted molar refractivity (Wildman–Crippen MR) is 73.4 cm³/mol. The van der Waals surface area contributed by atoms with Crippen LogP contribution in [-0.4, -0.2) is 47.0 Å². The van der Waals surface area contributed by atoms with E-state index in [1.165, 1.54) is 16.2 Å². The Morgan fingerprint density at radius 2 is 2.11 bits per heavy atom. The van der Waals surface area contributed by atoms with Crippen LogP contribution in [0, 0.1) is 0 Å². The van der Waals surface area contributed by atoms with Gasteiger partial charge >= 0.3 is 5.97 Å². The molecule has 0 saturated carbocycles. The summed E-state index contributed by atoms with van der Waals surface area (Å²) in [5.41, 5.74) is 0.835. The molecule has 2 N–H and O–H groups in total. The molecule has 100 valence electrons. The van der Waals surface area contributed by atoms with Gasteiger partial charge in [-0.05, 0) is 19.2 Å². The number of carboxylic acid groups (broad SMARTS) is 1. The van der Waals surface area contributed by atoms with E-state index in [1.54, 1.807) is 7.05 Å². The van der Waals surface area contributed by atoms with Gasteiger partial charge in [0.1, 0.15) is 0 Å². The number of amides is 1. The number of para-hydroxylation sites is 1. The molecule has 1 amide bonds. The Balaban J connectivity index is 1.96. The van der Waals surface area contributed by atoms with Crippen molar-refractivity contribution in [1.29, 1.82) is 0 Å². The molecule has 0 atom stereocenters. The lowest BCUT2D eigenvalue weighted by Gasteiger charge is -2.12. The number of carbonyl (C=O) groups excluding carboxylic acids is 1. The average Bonchev–Trinajstić information content (AvgIpc) is 2.68. The number of fused-ring (bicyclic) bond motifs is 1. The lowest BCUT2D eigenvalue weighted by atomic mass is 10.3. The normalized spacial score (nSPS) is 10.8. The van der Waals surface area contributed by atoms with Gasteiger partial charge in [0, 0.05) is 0 Å². The Kier molecular flexibility index (Phi) is 4.08. The largest absolute Gasteiger partial charge is 0.480 e. The summed E-state index contributed by atoms with van der Waals surface area (Å²) in [4.78, 5) is 27.9. The second-order valence-electron chi connectivity index (χ2n) is 4.10. The van der Waals surface area contributed by atoms with Crippen LogP contribution >= 0.6 is 11.3 Å². The van der Waals surface area contributed by atoms with Gasteiger partial charge < -0.3 is 10.4 Å². The first-order valence-corrected chi connectivity index (χ1v) is 6.42. The van der Waals surface area contributed by atoms with E-state index in [1.807, 2.05) is 24.3 Å². The highest BCUT2D eigenvalue weighted by molar-refractivity contribution is 7.22. The third kappa shape index (κ3) is 3.73. The Morgan fingerprint density at radius 3 is 2.79 bits per heavy atom. The summed E-state index contributed by atoms with van der Waals surface area (Å²) in [6.45, 7) is -0.157. The van der Waals surface area contributed by atoms with Crippen LogP contribution in [0.1, 0.15) is 0 Å². The second kappa shape index (κ2) is 5.77. The molecule has 0 fully saturated rings.